The molecule has 1 aromatic carbocycles. The third kappa shape index (κ3) is 5.08. The van der Waals surface area contributed by atoms with Gasteiger partial charge in [-0.1, -0.05) is 33.8 Å². The van der Waals surface area contributed by atoms with E-state index >= 15 is 0 Å². The van der Waals surface area contributed by atoms with Crippen LogP contribution in [0.2, 0.25) is 0 Å². The standard InChI is InChI=1S/C17H14BrN/c18-17-11-8-10-16(15-17)9-4-2-1-3-5-12-19-13-6-7-14-19/h6-8,10-11,13-15H,3,5,12H2. The number of halogens is 1. The Labute approximate surface area is 122 Å². The number of nitrogens with zero attached hydrogens (tertiary/aromatic N) is 1. The number of benzene rings is 1. The maximum Gasteiger partial charge on any atom is 0.0266 e. The normalized spacial score (nSPS) is 9.11. The Kier molecular flexibility index (Phi) is 5.35. The van der Waals surface area contributed by atoms with Crippen molar-refractivity contribution in [3.8, 4) is 23.7 Å². The molecule has 0 aliphatic rings. The maximum absolute atomic E-state index is 3.42. The molecule has 0 aliphatic heterocycles. The van der Waals surface area contributed by atoms with Crippen LogP contribution in [0.3, 0.4) is 0 Å². The van der Waals surface area contributed by atoms with Crippen LogP contribution in [-0.2, 0) is 6.54 Å². The monoisotopic (exact) mass is 311 g/mol. The van der Waals surface area contributed by atoms with Crippen molar-refractivity contribution in [2.45, 2.75) is 19.4 Å². The van der Waals surface area contributed by atoms with E-state index in [1.54, 1.807) is 0 Å². The van der Waals surface area contributed by atoms with Crippen molar-refractivity contribution in [1.82, 2.24) is 4.57 Å². The lowest BCUT2D eigenvalue weighted by molar-refractivity contribution is 0.659. The molecule has 0 fully saturated rings. The smallest absolute Gasteiger partial charge is 0.0266 e. The predicted molar refractivity (Wildman–Crippen MR) is 82.5 cm³/mol. The molecule has 19 heavy (non-hydrogen) atoms. The lowest BCUT2D eigenvalue weighted by Gasteiger charge is -1.97. The van der Waals surface area contributed by atoms with Crippen LogP contribution in [0.5, 0.6) is 0 Å². The van der Waals surface area contributed by atoms with Gasteiger partial charge in [0.05, 0.1) is 0 Å². The van der Waals surface area contributed by atoms with Gasteiger partial charge in [0.25, 0.3) is 0 Å². The second-order valence-electron chi connectivity index (χ2n) is 4.09. The topological polar surface area (TPSA) is 4.93 Å². The fourth-order valence-corrected chi connectivity index (χ4v) is 2.04. The zero-order valence-electron chi connectivity index (χ0n) is 10.6. The SMILES string of the molecule is Brc1cccc(C#CC#CCCCn2cccc2)c1. The van der Waals surface area contributed by atoms with Crippen molar-refractivity contribution in [2.24, 2.45) is 0 Å². The summed E-state index contributed by atoms with van der Waals surface area (Å²) >= 11 is 3.42. The summed E-state index contributed by atoms with van der Waals surface area (Å²) < 4.78 is 3.20. The molecule has 0 saturated heterocycles. The molecule has 0 radical (unpaired) electrons. The average molecular weight is 312 g/mol. The Morgan fingerprint density at radius 2 is 1.89 bits per heavy atom. The van der Waals surface area contributed by atoms with Gasteiger partial charge in [-0.2, -0.15) is 0 Å². The molecule has 2 rings (SSSR count). The van der Waals surface area contributed by atoms with Crippen LogP contribution in [-0.4, -0.2) is 4.57 Å². The van der Waals surface area contributed by atoms with Gasteiger partial charge in [-0.15, -0.1) is 0 Å². The minimum absolute atomic E-state index is 0.880. The average Bonchev–Trinajstić information content (AvgIpc) is 2.91. The summed E-state index contributed by atoms with van der Waals surface area (Å²) in [5, 5.41) is 0. The summed E-state index contributed by atoms with van der Waals surface area (Å²) in [7, 11) is 0. The molecule has 0 amide bonds. The summed E-state index contributed by atoms with van der Waals surface area (Å²) in [4.78, 5) is 0. The summed E-state index contributed by atoms with van der Waals surface area (Å²) in [6.45, 7) is 1.01. The molecule has 0 aliphatic carbocycles. The highest BCUT2D eigenvalue weighted by Gasteiger charge is 1.87. The molecule has 2 heteroatoms. The molecule has 0 atom stereocenters. The van der Waals surface area contributed by atoms with Crippen molar-refractivity contribution in [3.63, 3.8) is 0 Å². The van der Waals surface area contributed by atoms with Crippen molar-refractivity contribution in [2.75, 3.05) is 0 Å². The van der Waals surface area contributed by atoms with Crippen molar-refractivity contribution in [1.29, 1.82) is 0 Å². The van der Waals surface area contributed by atoms with Gasteiger partial charge in [-0.3, -0.25) is 0 Å². The van der Waals surface area contributed by atoms with Crippen LogP contribution in [0.1, 0.15) is 18.4 Å². The highest BCUT2D eigenvalue weighted by atomic mass is 79.9. The van der Waals surface area contributed by atoms with Gasteiger partial charge in [0.1, 0.15) is 0 Å². The minimum atomic E-state index is 0.880. The van der Waals surface area contributed by atoms with Crippen molar-refractivity contribution < 1.29 is 0 Å². The summed E-state index contributed by atoms with van der Waals surface area (Å²) in [6.07, 6.45) is 6.08. The number of aryl methyl sites for hydroxylation is 1. The number of rotatable bonds is 3. The zero-order valence-corrected chi connectivity index (χ0v) is 12.2. The van der Waals surface area contributed by atoms with Crippen molar-refractivity contribution in [3.05, 3.63) is 58.8 Å². The molecule has 0 saturated carbocycles. The van der Waals surface area contributed by atoms with Gasteiger partial charge in [-0.05, 0) is 48.6 Å². The molecule has 0 N–H and O–H groups in total. The quantitative estimate of drug-likeness (QED) is 0.594. The Morgan fingerprint density at radius 3 is 2.68 bits per heavy atom. The predicted octanol–water partition coefficient (Wildman–Crippen LogP) is 4.09. The van der Waals surface area contributed by atoms with E-state index in [9.17, 15) is 0 Å². The van der Waals surface area contributed by atoms with Crippen LogP contribution in [0, 0.1) is 23.7 Å². The van der Waals surface area contributed by atoms with E-state index in [1.165, 1.54) is 0 Å². The molecule has 0 bridgehead atoms. The van der Waals surface area contributed by atoms with Gasteiger partial charge < -0.3 is 4.57 Å². The molecule has 1 aromatic heterocycles. The summed E-state index contributed by atoms with van der Waals surface area (Å²) in [5.41, 5.74) is 0.982. The molecule has 94 valence electrons. The molecule has 2 aromatic rings. The third-order valence-electron chi connectivity index (χ3n) is 2.57. The molecule has 1 nitrogen and oxygen atoms in total. The van der Waals surface area contributed by atoms with E-state index in [0.717, 1.165) is 29.4 Å². The second kappa shape index (κ2) is 7.52. The minimum Gasteiger partial charge on any atom is -0.354 e. The number of hydrogen-bond acceptors (Lipinski definition) is 0. The van der Waals surface area contributed by atoms with Gasteiger partial charge in [0.15, 0.2) is 0 Å². The fourth-order valence-electron chi connectivity index (χ4n) is 1.65. The molecular weight excluding hydrogens is 298 g/mol. The van der Waals surface area contributed by atoms with Crippen molar-refractivity contribution >= 4 is 15.9 Å². The number of aromatic nitrogens is 1. The van der Waals surface area contributed by atoms with E-state index in [2.05, 4.69) is 56.6 Å². The van der Waals surface area contributed by atoms with E-state index < -0.39 is 0 Å². The van der Waals surface area contributed by atoms with E-state index in [4.69, 9.17) is 0 Å². The Bertz CT molecular complexity index is 633. The third-order valence-corrected chi connectivity index (χ3v) is 3.06. The zero-order chi connectivity index (χ0) is 13.3. The largest absolute Gasteiger partial charge is 0.354 e. The van der Waals surface area contributed by atoms with Gasteiger partial charge in [0, 0.05) is 35.4 Å². The lowest BCUT2D eigenvalue weighted by Crippen LogP contribution is -1.92. The second-order valence-corrected chi connectivity index (χ2v) is 5.00. The van der Waals surface area contributed by atoms with E-state index in [0.29, 0.717) is 0 Å². The molecular formula is C17H14BrN. The number of hydrogen-bond donors (Lipinski definition) is 0. The molecule has 0 spiro atoms. The van der Waals surface area contributed by atoms with Crippen LogP contribution in [0.4, 0.5) is 0 Å². The number of unbranched alkanes of at least 4 members (excludes halogenated alkanes) is 1. The molecule has 0 unspecified atom stereocenters. The van der Waals surface area contributed by atoms with E-state index in [-0.39, 0.29) is 0 Å². The van der Waals surface area contributed by atoms with Gasteiger partial charge in [-0.25, -0.2) is 0 Å². The summed E-state index contributed by atoms with van der Waals surface area (Å²) in [6, 6.07) is 12.0. The maximum atomic E-state index is 3.42. The van der Waals surface area contributed by atoms with Crippen LogP contribution in [0.25, 0.3) is 0 Å². The summed E-state index contributed by atoms with van der Waals surface area (Å²) in [5.74, 6) is 11.9. The highest BCUT2D eigenvalue weighted by molar-refractivity contribution is 9.10. The lowest BCUT2D eigenvalue weighted by atomic mass is 10.2. The van der Waals surface area contributed by atoms with Crippen LogP contribution in [0.15, 0.2) is 53.3 Å². The first-order chi connectivity index (χ1) is 9.34. The first-order valence-corrected chi connectivity index (χ1v) is 6.99. The van der Waals surface area contributed by atoms with Crippen LogP contribution >= 0.6 is 15.9 Å². The Balaban J connectivity index is 1.76. The fraction of sp³-hybridized carbons (Fsp3) is 0.176. The Hall–Kier alpha value is -1.90. The Morgan fingerprint density at radius 1 is 1.05 bits per heavy atom. The molecule has 1 heterocycles. The van der Waals surface area contributed by atoms with Gasteiger partial charge >= 0.3 is 0 Å². The van der Waals surface area contributed by atoms with E-state index in [1.807, 2.05) is 36.4 Å². The van der Waals surface area contributed by atoms with Crippen LogP contribution < -0.4 is 0 Å². The first kappa shape index (κ1) is 13.5. The highest BCUT2D eigenvalue weighted by Crippen LogP contribution is 2.10. The van der Waals surface area contributed by atoms with Gasteiger partial charge in [0.2, 0.25) is 0 Å². The first-order valence-electron chi connectivity index (χ1n) is 6.20.